The molecular formula is C42H23N3S. The zero-order valence-corrected chi connectivity index (χ0v) is 25.3. The number of thiophene rings is 1. The van der Waals surface area contributed by atoms with E-state index >= 15 is 0 Å². The number of fused-ring (bicyclic) bond motifs is 7. The summed E-state index contributed by atoms with van der Waals surface area (Å²) in [7, 11) is 0. The minimum absolute atomic E-state index is 0.849. The van der Waals surface area contributed by atoms with Crippen molar-refractivity contribution in [2.24, 2.45) is 0 Å². The fourth-order valence-electron chi connectivity index (χ4n) is 7.77. The average Bonchev–Trinajstić information content (AvgIpc) is 3.62. The SMILES string of the molecule is c1ccc2c(c1)-c1cccc3ccc4c(c13)c1c-2cccc1n4-c1nc2ccccc2nc1-c1ccc2c(c1)sc1ccccc12. The van der Waals surface area contributed by atoms with Crippen LogP contribution in [0, 0.1) is 0 Å². The minimum atomic E-state index is 0.849. The van der Waals surface area contributed by atoms with E-state index in [-0.39, 0.29) is 0 Å². The Morgan fingerprint density at radius 3 is 2.00 bits per heavy atom. The normalized spacial score (nSPS) is 12.3. The zero-order valence-electron chi connectivity index (χ0n) is 24.5. The molecule has 11 rings (SSSR count). The molecule has 0 bridgehead atoms. The quantitative estimate of drug-likeness (QED) is 0.197. The van der Waals surface area contributed by atoms with Crippen molar-refractivity contribution < 1.29 is 0 Å². The second kappa shape index (κ2) is 8.87. The van der Waals surface area contributed by atoms with Crippen LogP contribution < -0.4 is 0 Å². The van der Waals surface area contributed by atoms with Gasteiger partial charge in [-0.3, -0.25) is 4.57 Å². The molecule has 3 heterocycles. The van der Waals surface area contributed by atoms with E-state index in [1.807, 2.05) is 23.5 Å². The summed E-state index contributed by atoms with van der Waals surface area (Å²) in [6.07, 6.45) is 0. The van der Waals surface area contributed by atoms with Gasteiger partial charge in [0.1, 0.15) is 5.69 Å². The van der Waals surface area contributed by atoms with E-state index in [4.69, 9.17) is 9.97 Å². The molecule has 0 saturated heterocycles. The zero-order chi connectivity index (χ0) is 29.9. The van der Waals surface area contributed by atoms with Crippen molar-refractivity contribution in [3.8, 4) is 39.3 Å². The first-order valence-corrected chi connectivity index (χ1v) is 16.4. The molecule has 46 heavy (non-hydrogen) atoms. The number of hydrogen-bond acceptors (Lipinski definition) is 3. The lowest BCUT2D eigenvalue weighted by Crippen LogP contribution is -2.04. The molecule has 0 unspecified atom stereocenters. The molecule has 1 aliphatic carbocycles. The summed E-state index contributed by atoms with van der Waals surface area (Å²) in [6.45, 7) is 0. The molecule has 0 fully saturated rings. The summed E-state index contributed by atoms with van der Waals surface area (Å²) in [5, 5.41) is 7.66. The Morgan fingerprint density at radius 1 is 0.457 bits per heavy atom. The predicted molar refractivity (Wildman–Crippen MR) is 194 cm³/mol. The molecule has 10 aromatic rings. The van der Waals surface area contributed by atoms with E-state index in [9.17, 15) is 0 Å². The fourth-order valence-corrected chi connectivity index (χ4v) is 8.92. The van der Waals surface area contributed by atoms with Crippen LogP contribution in [0.3, 0.4) is 0 Å². The van der Waals surface area contributed by atoms with Crippen molar-refractivity contribution in [1.82, 2.24) is 14.5 Å². The van der Waals surface area contributed by atoms with Crippen LogP contribution in [0.4, 0.5) is 0 Å². The van der Waals surface area contributed by atoms with Gasteiger partial charge in [0.15, 0.2) is 5.82 Å². The van der Waals surface area contributed by atoms with Gasteiger partial charge >= 0.3 is 0 Å². The lowest BCUT2D eigenvalue weighted by Gasteiger charge is -2.16. The van der Waals surface area contributed by atoms with Crippen molar-refractivity contribution in [3.05, 3.63) is 140 Å². The molecule has 0 spiro atoms. The summed E-state index contributed by atoms with van der Waals surface area (Å²) in [5.41, 5.74) is 11.1. The maximum Gasteiger partial charge on any atom is 0.165 e. The highest BCUT2D eigenvalue weighted by molar-refractivity contribution is 7.25. The third-order valence-corrected chi connectivity index (χ3v) is 10.9. The maximum absolute atomic E-state index is 5.42. The number of nitrogens with zero attached hydrogens (tertiary/aromatic N) is 3. The molecule has 4 heteroatoms. The highest BCUT2D eigenvalue weighted by atomic mass is 32.1. The predicted octanol–water partition coefficient (Wildman–Crippen LogP) is 11.6. The van der Waals surface area contributed by atoms with Gasteiger partial charge in [0, 0.05) is 36.5 Å². The van der Waals surface area contributed by atoms with Crippen LogP contribution in [0.2, 0.25) is 0 Å². The van der Waals surface area contributed by atoms with E-state index in [0.29, 0.717) is 0 Å². The molecule has 0 radical (unpaired) electrons. The van der Waals surface area contributed by atoms with Crippen molar-refractivity contribution in [2.45, 2.75) is 0 Å². The lowest BCUT2D eigenvalue weighted by atomic mass is 9.93. The summed E-state index contributed by atoms with van der Waals surface area (Å²) >= 11 is 1.83. The van der Waals surface area contributed by atoms with Gasteiger partial charge in [0.25, 0.3) is 0 Å². The van der Waals surface area contributed by atoms with Crippen molar-refractivity contribution in [1.29, 1.82) is 0 Å². The standard InChI is InChI=1S/C42H23N3S/c1-2-11-27-26(10-1)30-13-7-9-24-20-22-35-40(38(24)30)39-31(27)14-8-17-34(39)45(35)42-41(43-32-15-4-5-16-33(32)44-42)25-19-21-29-28-12-3-6-18-36(28)46-37(29)23-25/h1-23H. The van der Waals surface area contributed by atoms with Crippen LogP contribution in [0.15, 0.2) is 140 Å². The molecule has 0 aliphatic heterocycles. The Balaban J connectivity index is 1.30. The van der Waals surface area contributed by atoms with Crippen LogP contribution in [0.5, 0.6) is 0 Å². The third-order valence-electron chi connectivity index (χ3n) is 9.72. The fraction of sp³-hybridized carbons (Fsp3) is 0. The van der Waals surface area contributed by atoms with Crippen LogP contribution in [0.1, 0.15) is 0 Å². The topological polar surface area (TPSA) is 30.7 Å². The first kappa shape index (κ1) is 24.5. The van der Waals surface area contributed by atoms with Crippen molar-refractivity contribution in [2.75, 3.05) is 0 Å². The van der Waals surface area contributed by atoms with Gasteiger partial charge in [-0.25, -0.2) is 9.97 Å². The molecule has 0 amide bonds. The Labute approximate surface area is 267 Å². The molecule has 3 aromatic heterocycles. The Kier molecular flexibility index (Phi) is 4.72. The number of rotatable bonds is 2. The van der Waals surface area contributed by atoms with Gasteiger partial charge in [0.2, 0.25) is 0 Å². The minimum Gasteiger partial charge on any atom is -0.292 e. The molecule has 0 N–H and O–H groups in total. The molecule has 3 nitrogen and oxygen atoms in total. The van der Waals surface area contributed by atoms with Gasteiger partial charge in [-0.1, -0.05) is 103 Å². The second-order valence-corrected chi connectivity index (χ2v) is 13.2. The highest BCUT2D eigenvalue weighted by Gasteiger charge is 2.26. The number of hydrogen-bond donors (Lipinski definition) is 0. The molecule has 212 valence electrons. The van der Waals surface area contributed by atoms with E-state index < -0.39 is 0 Å². The number of para-hydroxylation sites is 2. The first-order valence-electron chi connectivity index (χ1n) is 15.6. The molecule has 7 aromatic carbocycles. The Hall–Kier alpha value is -5.84. The van der Waals surface area contributed by atoms with Gasteiger partial charge in [0.05, 0.1) is 22.1 Å². The van der Waals surface area contributed by atoms with E-state index in [0.717, 1.165) is 39.1 Å². The van der Waals surface area contributed by atoms with Crippen molar-refractivity contribution >= 4 is 75.1 Å². The Bertz CT molecular complexity index is 2930. The number of aromatic nitrogens is 3. The summed E-state index contributed by atoms with van der Waals surface area (Å²) in [4.78, 5) is 10.8. The average molecular weight is 602 g/mol. The lowest BCUT2D eigenvalue weighted by molar-refractivity contribution is 1.08. The molecular weight excluding hydrogens is 579 g/mol. The number of benzene rings is 7. The first-order chi connectivity index (χ1) is 22.8. The van der Waals surface area contributed by atoms with Crippen LogP contribution in [0.25, 0.3) is 103 Å². The van der Waals surface area contributed by atoms with Crippen molar-refractivity contribution in [3.63, 3.8) is 0 Å². The van der Waals surface area contributed by atoms with Gasteiger partial charge in [-0.2, -0.15) is 0 Å². The molecule has 1 aliphatic rings. The van der Waals surface area contributed by atoms with E-state index in [1.165, 1.54) is 64.0 Å². The summed E-state index contributed by atoms with van der Waals surface area (Å²) in [5.74, 6) is 0.849. The highest BCUT2D eigenvalue weighted by Crippen LogP contribution is 2.50. The Morgan fingerprint density at radius 2 is 1.13 bits per heavy atom. The van der Waals surface area contributed by atoms with E-state index in [2.05, 4.69) is 132 Å². The summed E-state index contributed by atoms with van der Waals surface area (Å²) < 4.78 is 4.92. The van der Waals surface area contributed by atoms with Crippen LogP contribution in [-0.4, -0.2) is 14.5 Å². The van der Waals surface area contributed by atoms with Crippen LogP contribution >= 0.6 is 11.3 Å². The summed E-state index contributed by atoms with van der Waals surface area (Å²) in [6, 6.07) is 50.4. The third kappa shape index (κ3) is 3.16. The monoisotopic (exact) mass is 601 g/mol. The smallest absolute Gasteiger partial charge is 0.165 e. The van der Waals surface area contributed by atoms with E-state index in [1.54, 1.807) is 0 Å². The molecule has 0 saturated carbocycles. The molecule has 0 atom stereocenters. The van der Waals surface area contributed by atoms with Gasteiger partial charge in [-0.15, -0.1) is 11.3 Å². The second-order valence-electron chi connectivity index (χ2n) is 12.1. The largest absolute Gasteiger partial charge is 0.292 e. The van der Waals surface area contributed by atoms with Crippen LogP contribution in [-0.2, 0) is 0 Å². The van der Waals surface area contributed by atoms with Gasteiger partial charge in [-0.05, 0) is 69.4 Å². The maximum atomic E-state index is 5.42. The van der Waals surface area contributed by atoms with Gasteiger partial charge < -0.3 is 0 Å².